The van der Waals surface area contributed by atoms with E-state index in [1.165, 1.54) is 17.0 Å². The molecule has 0 saturated carbocycles. The molecule has 1 aromatic heterocycles. The van der Waals surface area contributed by atoms with Gasteiger partial charge in [-0.2, -0.15) is 0 Å². The topological polar surface area (TPSA) is 50.9 Å². The highest BCUT2D eigenvalue weighted by Crippen LogP contribution is 2.19. The van der Waals surface area contributed by atoms with Gasteiger partial charge in [0.05, 0.1) is 5.69 Å². The number of hydrogen-bond donors (Lipinski definition) is 1. The van der Waals surface area contributed by atoms with Gasteiger partial charge in [0.15, 0.2) is 5.82 Å². The highest BCUT2D eigenvalue weighted by Gasteiger charge is 2.09. The SMILES string of the molecule is OCc1nncn1-c1cc(Br)ccc1F. The zero-order chi connectivity index (χ0) is 10.8. The fourth-order valence-electron chi connectivity index (χ4n) is 1.24. The van der Waals surface area contributed by atoms with Crippen LogP contribution in [-0.2, 0) is 6.61 Å². The summed E-state index contributed by atoms with van der Waals surface area (Å²) in [6.45, 7) is -0.286. The molecule has 4 nitrogen and oxygen atoms in total. The fraction of sp³-hybridized carbons (Fsp3) is 0.111. The van der Waals surface area contributed by atoms with Crippen LogP contribution >= 0.6 is 15.9 Å². The van der Waals surface area contributed by atoms with Crippen molar-refractivity contribution >= 4 is 15.9 Å². The number of halogens is 2. The maximum absolute atomic E-state index is 13.5. The Balaban J connectivity index is 2.58. The molecule has 0 fully saturated rings. The zero-order valence-corrected chi connectivity index (χ0v) is 9.15. The van der Waals surface area contributed by atoms with Crippen LogP contribution in [0.15, 0.2) is 29.0 Å². The number of nitrogens with zero attached hydrogens (tertiary/aromatic N) is 3. The van der Waals surface area contributed by atoms with Crippen LogP contribution in [0.2, 0.25) is 0 Å². The second-order valence-corrected chi connectivity index (χ2v) is 3.79. The number of rotatable bonds is 2. The van der Waals surface area contributed by atoms with Crippen molar-refractivity contribution in [3.8, 4) is 5.69 Å². The minimum atomic E-state index is -0.396. The van der Waals surface area contributed by atoms with Gasteiger partial charge in [0.2, 0.25) is 0 Å². The Kier molecular flexibility index (Phi) is 2.79. The van der Waals surface area contributed by atoms with Gasteiger partial charge in [0.1, 0.15) is 18.8 Å². The molecule has 0 radical (unpaired) electrons. The number of aromatic nitrogens is 3. The predicted octanol–water partition coefficient (Wildman–Crippen LogP) is 1.66. The maximum Gasteiger partial charge on any atom is 0.163 e. The lowest BCUT2D eigenvalue weighted by molar-refractivity contribution is 0.268. The molecule has 2 rings (SSSR count). The Labute approximate surface area is 93.5 Å². The lowest BCUT2D eigenvalue weighted by Gasteiger charge is -2.06. The van der Waals surface area contributed by atoms with Crippen molar-refractivity contribution in [2.45, 2.75) is 6.61 Å². The molecule has 0 bridgehead atoms. The molecule has 6 heteroatoms. The molecular formula is C9H7BrFN3O. The first-order chi connectivity index (χ1) is 7.22. The molecule has 15 heavy (non-hydrogen) atoms. The van der Waals surface area contributed by atoms with Crippen LogP contribution < -0.4 is 0 Å². The van der Waals surface area contributed by atoms with E-state index >= 15 is 0 Å². The summed E-state index contributed by atoms with van der Waals surface area (Å²) in [4.78, 5) is 0. The lowest BCUT2D eigenvalue weighted by atomic mass is 10.3. The number of benzene rings is 1. The van der Waals surface area contributed by atoms with Gasteiger partial charge in [-0.05, 0) is 18.2 Å². The fourth-order valence-corrected chi connectivity index (χ4v) is 1.59. The third kappa shape index (κ3) is 1.91. The van der Waals surface area contributed by atoms with Crippen molar-refractivity contribution < 1.29 is 9.50 Å². The molecule has 0 amide bonds. The van der Waals surface area contributed by atoms with E-state index in [4.69, 9.17) is 5.11 Å². The Hall–Kier alpha value is -1.27. The van der Waals surface area contributed by atoms with E-state index < -0.39 is 5.82 Å². The smallest absolute Gasteiger partial charge is 0.163 e. The molecular weight excluding hydrogens is 265 g/mol. The van der Waals surface area contributed by atoms with Gasteiger partial charge >= 0.3 is 0 Å². The normalized spacial score (nSPS) is 10.6. The quantitative estimate of drug-likeness (QED) is 0.904. The van der Waals surface area contributed by atoms with Crippen molar-refractivity contribution in [1.29, 1.82) is 0 Å². The van der Waals surface area contributed by atoms with Crippen LogP contribution in [0.25, 0.3) is 5.69 Å². The van der Waals surface area contributed by atoms with Crippen LogP contribution in [0.3, 0.4) is 0 Å². The number of hydrogen-bond acceptors (Lipinski definition) is 3. The third-order valence-corrected chi connectivity index (χ3v) is 2.42. The average molecular weight is 272 g/mol. The highest BCUT2D eigenvalue weighted by molar-refractivity contribution is 9.10. The van der Waals surface area contributed by atoms with Crippen LogP contribution in [0.5, 0.6) is 0 Å². The van der Waals surface area contributed by atoms with Gasteiger partial charge in [-0.3, -0.25) is 4.57 Å². The van der Waals surface area contributed by atoms with Gasteiger partial charge < -0.3 is 5.11 Å². The van der Waals surface area contributed by atoms with E-state index in [1.54, 1.807) is 12.1 Å². The third-order valence-electron chi connectivity index (χ3n) is 1.93. The van der Waals surface area contributed by atoms with Gasteiger partial charge in [0.25, 0.3) is 0 Å². The average Bonchev–Trinajstić information content (AvgIpc) is 2.69. The second kappa shape index (κ2) is 4.08. The monoisotopic (exact) mass is 271 g/mol. The first kappa shape index (κ1) is 10.3. The number of aliphatic hydroxyl groups excluding tert-OH is 1. The Morgan fingerprint density at radius 3 is 3.00 bits per heavy atom. The molecule has 0 spiro atoms. The van der Waals surface area contributed by atoms with Crippen molar-refractivity contribution in [2.24, 2.45) is 0 Å². The largest absolute Gasteiger partial charge is 0.388 e. The van der Waals surface area contributed by atoms with E-state index in [9.17, 15) is 4.39 Å². The molecule has 0 atom stereocenters. The molecule has 1 heterocycles. The van der Waals surface area contributed by atoms with Crippen molar-refractivity contribution in [1.82, 2.24) is 14.8 Å². The molecule has 78 valence electrons. The van der Waals surface area contributed by atoms with Crippen molar-refractivity contribution in [3.63, 3.8) is 0 Å². The van der Waals surface area contributed by atoms with Crippen LogP contribution in [0.1, 0.15) is 5.82 Å². The first-order valence-corrected chi connectivity index (χ1v) is 4.97. The summed E-state index contributed by atoms with van der Waals surface area (Å²) in [5.41, 5.74) is 0.304. The predicted molar refractivity (Wildman–Crippen MR) is 54.9 cm³/mol. The summed E-state index contributed by atoms with van der Waals surface area (Å²) >= 11 is 3.25. The maximum atomic E-state index is 13.5. The van der Waals surface area contributed by atoms with Crippen LogP contribution in [0.4, 0.5) is 4.39 Å². The molecule has 0 saturated heterocycles. The van der Waals surface area contributed by atoms with Crippen molar-refractivity contribution in [3.05, 3.63) is 40.6 Å². The molecule has 1 N–H and O–H groups in total. The summed E-state index contributed by atoms with van der Waals surface area (Å²) in [7, 11) is 0. The van der Waals surface area contributed by atoms with E-state index in [2.05, 4.69) is 26.1 Å². The van der Waals surface area contributed by atoms with E-state index in [0.717, 1.165) is 4.47 Å². The van der Waals surface area contributed by atoms with Crippen LogP contribution in [0, 0.1) is 5.82 Å². The summed E-state index contributed by atoms with van der Waals surface area (Å²) in [5, 5.41) is 16.2. The first-order valence-electron chi connectivity index (χ1n) is 4.17. The van der Waals surface area contributed by atoms with E-state index in [1.807, 2.05) is 0 Å². The summed E-state index contributed by atoms with van der Waals surface area (Å²) in [6.07, 6.45) is 1.36. The standard InChI is InChI=1S/C9H7BrFN3O/c10-6-1-2-7(11)8(3-6)14-5-12-13-9(14)4-15/h1-3,5,15H,4H2. The minimum Gasteiger partial charge on any atom is -0.388 e. The van der Waals surface area contributed by atoms with Crippen molar-refractivity contribution in [2.75, 3.05) is 0 Å². The minimum absolute atomic E-state index is 0.286. The number of aliphatic hydroxyl groups is 1. The summed E-state index contributed by atoms with van der Waals surface area (Å²) in [6, 6.07) is 4.53. The van der Waals surface area contributed by atoms with E-state index in [-0.39, 0.29) is 6.61 Å². The van der Waals surface area contributed by atoms with Gasteiger partial charge in [0, 0.05) is 4.47 Å². The second-order valence-electron chi connectivity index (χ2n) is 2.87. The van der Waals surface area contributed by atoms with Crippen LogP contribution in [-0.4, -0.2) is 19.9 Å². The Bertz CT molecular complexity index is 486. The summed E-state index contributed by atoms with van der Waals surface area (Å²) < 4.78 is 15.6. The molecule has 2 aromatic rings. The highest BCUT2D eigenvalue weighted by atomic mass is 79.9. The van der Waals surface area contributed by atoms with Gasteiger partial charge in [-0.25, -0.2) is 4.39 Å². The molecule has 0 unspecified atom stereocenters. The zero-order valence-electron chi connectivity index (χ0n) is 7.56. The Morgan fingerprint density at radius 2 is 2.27 bits per heavy atom. The molecule has 0 aliphatic rings. The van der Waals surface area contributed by atoms with Gasteiger partial charge in [-0.15, -0.1) is 10.2 Å². The summed E-state index contributed by atoms with van der Waals surface area (Å²) in [5.74, 6) is -0.0975. The molecule has 0 aliphatic heterocycles. The van der Waals surface area contributed by atoms with Gasteiger partial charge in [-0.1, -0.05) is 15.9 Å². The Morgan fingerprint density at radius 1 is 1.47 bits per heavy atom. The van der Waals surface area contributed by atoms with E-state index in [0.29, 0.717) is 11.5 Å². The molecule has 1 aromatic carbocycles. The lowest BCUT2D eigenvalue weighted by Crippen LogP contribution is -2.02. The molecule has 0 aliphatic carbocycles.